The molecule has 0 aliphatic carbocycles. The maximum atomic E-state index is 2.17. The van der Waals surface area contributed by atoms with Gasteiger partial charge in [0.1, 0.15) is 0 Å². The van der Waals surface area contributed by atoms with Crippen LogP contribution in [0.5, 0.6) is 0 Å². The molecule has 0 N–H and O–H groups in total. The van der Waals surface area contributed by atoms with Gasteiger partial charge in [-0.25, -0.2) is 23.3 Å². The summed E-state index contributed by atoms with van der Waals surface area (Å²) < 4.78 is 0. The smallest absolute Gasteiger partial charge is 1.00 e. The van der Waals surface area contributed by atoms with Gasteiger partial charge < -0.3 is 9.41 Å². The first-order valence-electron chi connectivity index (χ1n) is 4.98. The minimum atomic E-state index is 0. The van der Waals surface area contributed by atoms with Crippen molar-refractivity contribution in [1.82, 2.24) is 0 Å². The van der Waals surface area contributed by atoms with Crippen molar-refractivity contribution in [3.05, 3.63) is 58.7 Å². The zero-order valence-electron chi connectivity index (χ0n) is 10.7. The zero-order chi connectivity index (χ0) is 10.6. The molecule has 2 aromatic rings. The van der Waals surface area contributed by atoms with Crippen molar-refractivity contribution >= 4 is 0 Å². The fourth-order valence-corrected chi connectivity index (χ4v) is 1.44. The molecule has 0 heterocycles. The third-order valence-corrected chi connectivity index (χ3v) is 2.13. The molecule has 0 radical (unpaired) electrons. The van der Waals surface area contributed by atoms with Gasteiger partial charge in [0.2, 0.25) is 0 Å². The SMILES string of the molecule is Cc1cc[c-](C)c1.Cc1cc[c-](C)c1.[F-].[F-].[Zr+4]. The average Bonchev–Trinajstić information content (AvgIpc) is 2.63. The summed E-state index contributed by atoms with van der Waals surface area (Å²) in [6.07, 6.45) is 0. The van der Waals surface area contributed by atoms with Crippen LogP contribution >= 0.6 is 0 Å². The van der Waals surface area contributed by atoms with Crippen LogP contribution in [-0.2, 0) is 26.2 Å². The van der Waals surface area contributed by atoms with Crippen molar-refractivity contribution in [3.63, 3.8) is 0 Å². The van der Waals surface area contributed by atoms with Crippen LogP contribution in [0, 0.1) is 27.7 Å². The van der Waals surface area contributed by atoms with E-state index >= 15 is 0 Å². The molecule has 92 valence electrons. The van der Waals surface area contributed by atoms with Gasteiger partial charge in [-0.1, -0.05) is 27.7 Å². The van der Waals surface area contributed by atoms with Crippen molar-refractivity contribution < 1.29 is 35.6 Å². The van der Waals surface area contributed by atoms with Crippen molar-refractivity contribution in [1.29, 1.82) is 0 Å². The normalized spacial score (nSPS) is 7.76. The zero-order valence-corrected chi connectivity index (χ0v) is 13.2. The molecule has 0 unspecified atom stereocenters. The topological polar surface area (TPSA) is 0 Å². The number of hydrogen-bond donors (Lipinski definition) is 0. The number of halogens is 2. The molecule has 2 aromatic carbocycles. The maximum Gasteiger partial charge on any atom is 4.00 e. The van der Waals surface area contributed by atoms with Crippen molar-refractivity contribution in [2.45, 2.75) is 27.7 Å². The Bertz CT molecular complexity index is 317. The molecule has 17 heavy (non-hydrogen) atoms. The maximum absolute atomic E-state index is 2.17. The van der Waals surface area contributed by atoms with E-state index in [1.165, 1.54) is 22.3 Å². The molecule has 0 nitrogen and oxygen atoms in total. The minimum Gasteiger partial charge on any atom is -1.00 e. The molecule has 0 spiro atoms. The molecule has 0 bridgehead atoms. The van der Waals surface area contributed by atoms with Gasteiger partial charge >= 0.3 is 26.2 Å². The van der Waals surface area contributed by atoms with Gasteiger partial charge in [-0.3, -0.25) is 0 Å². The van der Waals surface area contributed by atoms with E-state index in [0.717, 1.165) is 0 Å². The first-order chi connectivity index (χ1) is 6.58. The first kappa shape index (κ1) is 21.7. The van der Waals surface area contributed by atoms with Gasteiger partial charge in [-0.15, -0.1) is 0 Å². The van der Waals surface area contributed by atoms with E-state index in [9.17, 15) is 0 Å². The van der Waals surface area contributed by atoms with Crippen LogP contribution in [-0.4, -0.2) is 0 Å². The Morgan fingerprint density at radius 3 is 1.12 bits per heavy atom. The molecule has 0 atom stereocenters. The van der Waals surface area contributed by atoms with Gasteiger partial charge in [0.05, 0.1) is 0 Å². The van der Waals surface area contributed by atoms with Crippen molar-refractivity contribution in [3.8, 4) is 0 Å². The van der Waals surface area contributed by atoms with Crippen LogP contribution in [0.15, 0.2) is 36.4 Å². The molecule has 0 aromatic heterocycles. The van der Waals surface area contributed by atoms with Gasteiger partial charge in [0, 0.05) is 0 Å². The van der Waals surface area contributed by atoms with E-state index in [-0.39, 0.29) is 35.6 Å². The monoisotopic (exact) mass is 314 g/mol. The van der Waals surface area contributed by atoms with E-state index in [0.29, 0.717) is 0 Å². The first-order valence-corrected chi connectivity index (χ1v) is 4.98. The second kappa shape index (κ2) is 10.6. The fraction of sp³-hybridized carbons (Fsp3) is 0.286. The summed E-state index contributed by atoms with van der Waals surface area (Å²) in [5.41, 5.74) is 5.44. The molecule has 0 saturated carbocycles. The predicted molar refractivity (Wildman–Crippen MR) is 63.0 cm³/mol. The summed E-state index contributed by atoms with van der Waals surface area (Å²) >= 11 is 0. The Kier molecular flexibility index (Phi) is 13.5. The molecule has 2 rings (SSSR count). The van der Waals surface area contributed by atoms with E-state index in [1.54, 1.807) is 0 Å². The summed E-state index contributed by atoms with van der Waals surface area (Å²) in [5.74, 6) is 0. The van der Waals surface area contributed by atoms with Crippen molar-refractivity contribution in [2.24, 2.45) is 0 Å². The van der Waals surface area contributed by atoms with E-state index in [4.69, 9.17) is 0 Å². The number of aryl methyl sites for hydroxylation is 4. The molecule has 0 fully saturated rings. The molecule has 0 aliphatic rings. The summed E-state index contributed by atoms with van der Waals surface area (Å²) in [7, 11) is 0. The molecule has 3 heteroatoms. The summed E-state index contributed by atoms with van der Waals surface area (Å²) in [4.78, 5) is 0. The fourth-order valence-electron chi connectivity index (χ4n) is 1.44. The van der Waals surface area contributed by atoms with Gasteiger partial charge in [0.25, 0.3) is 0 Å². The molecule has 0 amide bonds. The van der Waals surface area contributed by atoms with Crippen LogP contribution < -0.4 is 9.41 Å². The van der Waals surface area contributed by atoms with Gasteiger partial charge in [-0.2, -0.15) is 35.4 Å². The Hall–Kier alpha value is -0.557. The minimum absolute atomic E-state index is 0. The second-order valence-electron chi connectivity index (χ2n) is 3.93. The summed E-state index contributed by atoms with van der Waals surface area (Å²) in [6, 6.07) is 12.8. The third kappa shape index (κ3) is 9.17. The number of rotatable bonds is 0. The predicted octanol–water partition coefficient (Wildman–Crippen LogP) is -1.95. The Morgan fingerprint density at radius 1 is 0.765 bits per heavy atom. The molecule has 0 aliphatic heterocycles. The van der Waals surface area contributed by atoms with Gasteiger partial charge in [-0.05, 0) is 0 Å². The summed E-state index contributed by atoms with van der Waals surface area (Å²) in [5, 5.41) is 0. The summed E-state index contributed by atoms with van der Waals surface area (Å²) in [6.45, 7) is 8.42. The average molecular weight is 316 g/mol. The third-order valence-electron chi connectivity index (χ3n) is 2.13. The second-order valence-corrected chi connectivity index (χ2v) is 3.93. The quantitative estimate of drug-likeness (QED) is 0.496. The standard InChI is InChI=1S/2C7H9.2FH.Zr/c2*1-6-3-4-7(2)5-6;;;/h2*3-5H,1-2H3;2*1H;/q2*-1;;;+4/p-2. The Balaban J connectivity index is -0.000000196. The van der Waals surface area contributed by atoms with Crippen molar-refractivity contribution in [2.75, 3.05) is 0 Å². The van der Waals surface area contributed by atoms with Crippen LogP contribution in [0.1, 0.15) is 22.3 Å². The van der Waals surface area contributed by atoms with E-state index in [1.807, 2.05) is 0 Å². The van der Waals surface area contributed by atoms with Crippen LogP contribution in [0.4, 0.5) is 0 Å². The van der Waals surface area contributed by atoms with Crippen LogP contribution in [0.25, 0.3) is 0 Å². The Labute approximate surface area is 122 Å². The number of hydrogen-bond acceptors (Lipinski definition) is 0. The largest absolute Gasteiger partial charge is 4.00 e. The molecule has 0 saturated heterocycles. The molecular formula is C14H18F2Zr. The Morgan fingerprint density at radius 2 is 1.06 bits per heavy atom. The van der Waals surface area contributed by atoms with Crippen LogP contribution in [0.3, 0.4) is 0 Å². The van der Waals surface area contributed by atoms with Gasteiger partial charge in [0.15, 0.2) is 0 Å². The molecular weight excluding hydrogens is 297 g/mol. The van der Waals surface area contributed by atoms with Crippen LogP contribution in [0.2, 0.25) is 0 Å². The van der Waals surface area contributed by atoms with E-state index in [2.05, 4.69) is 64.1 Å². The van der Waals surface area contributed by atoms with E-state index < -0.39 is 0 Å².